The number of rotatable bonds is 5. The Hall–Kier alpha value is -6.34. The summed E-state index contributed by atoms with van der Waals surface area (Å²) in [4.78, 5) is 24.4. The Morgan fingerprint density at radius 1 is 0.610 bits per heavy atom. The number of aryl methyl sites for hydroxylation is 3. The fourth-order valence-electron chi connectivity index (χ4n) is 7.88. The molecule has 0 fully saturated rings. The third-order valence-corrected chi connectivity index (χ3v) is 11.0. The topological polar surface area (TPSA) is 77.6 Å². The average Bonchev–Trinajstić information content (AvgIpc) is 3.67. The number of hydrogen-bond acceptors (Lipinski definition) is 6. The molecule has 0 aliphatic carbocycles. The molecule has 1 aliphatic rings. The van der Waals surface area contributed by atoms with Crippen molar-refractivity contribution < 1.29 is 24.5 Å². The van der Waals surface area contributed by atoms with Gasteiger partial charge in [-0.3, -0.25) is 0 Å². The zero-order chi connectivity index (χ0) is 39.8. The molecule has 6 nitrogen and oxygen atoms in total. The third-order valence-electron chi connectivity index (χ3n) is 11.0. The van der Waals surface area contributed by atoms with Gasteiger partial charge in [0, 0.05) is 49.0 Å². The molecule has 10 rings (SSSR count). The Bertz CT molecular complexity index is 2840. The summed E-state index contributed by atoms with van der Waals surface area (Å²) in [5.41, 5.74) is 14.7. The SMILES string of the molecule is Cc1ccc(-c2[c-]ccc3oc4c(c23)C(C)(C)c2ccccc2B4c2nc(-c3ccccc3)nc(-c3ccccc3)n2)nc1.Cc1cnc(-c2[c-]cccc2)cc1C.[Ir]. The fourth-order valence-corrected chi connectivity index (χ4v) is 7.88. The van der Waals surface area contributed by atoms with Crippen molar-refractivity contribution in [3.8, 4) is 45.3 Å². The van der Waals surface area contributed by atoms with E-state index in [1.165, 1.54) is 16.7 Å². The minimum Gasteiger partial charge on any atom is -0.490 e. The first-order chi connectivity index (χ1) is 28.3. The maximum Gasteiger partial charge on any atom is 0.334 e. The molecule has 5 aromatic carbocycles. The van der Waals surface area contributed by atoms with Crippen molar-refractivity contribution in [1.82, 2.24) is 24.9 Å². The summed E-state index contributed by atoms with van der Waals surface area (Å²) in [6, 6.07) is 53.5. The molecule has 1 radical (unpaired) electrons. The van der Waals surface area contributed by atoms with Gasteiger partial charge in [-0.15, -0.1) is 53.6 Å². The van der Waals surface area contributed by atoms with E-state index < -0.39 is 0 Å². The molecule has 0 unspecified atom stereocenters. The van der Waals surface area contributed by atoms with Gasteiger partial charge in [0.1, 0.15) is 5.72 Å². The van der Waals surface area contributed by atoms with Gasteiger partial charge in [0.05, 0.1) is 11.2 Å². The van der Waals surface area contributed by atoms with Crippen LogP contribution in [0.25, 0.3) is 56.3 Å². The Morgan fingerprint density at radius 3 is 1.92 bits per heavy atom. The Morgan fingerprint density at radius 2 is 1.27 bits per heavy atom. The van der Waals surface area contributed by atoms with Crippen LogP contribution in [0.5, 0.6) is 0 Å². The Kier molecular flexibility index (Phi) is 11.0. The van der Waals surface area contributed by atoms with Crippen LogP contribution in [-0.4, -0.2) is 31.6 Å². The van der Waals surface area contributed by atoms with E-state index in [9.17, 15) is 0 Å². The zero-order valence-electron chi connectivity index (χ0n) is 33.5. The number of fused-ring (bicyclic) bond motifs is 4. The molecule has 5 heterocycles. The standard InChI is InChI=1S/C38H28BN4O.C13H12N.Ir/c1-24-21-22-30(40-23-24)27-17-12-20-31-32(27)33-34(44-31)39(29-19-11-10-18-28(29)38(33,2)3)37-42-35(25-13-6-4-7-14-25)41-36(43-37)26-15-8-5-9-16-26;1-10-8-13(14-9-11(10)2)12-6-4-3-5-7-12;/h4-16,18-23H,1-3H3;3-6,8-9H,1-2H3;/q2*-1;. The summed E-state index contributed by atoms with van der Waals surface area (Å²) in [6.07, 6.45) is 3.81. The first kappa shape index (κ1) is 39.5. The van der Waals surface area contributed by atoms with Crippen LogP contribution in [0.15, 0.2) is 156 Å². The largest absolute Gasteiger partial charge is 0.490 e. The molecular weight excluding hydrogens is 902 g/mol. The van der Waals surface area contributed by atoms with Crippen molar-refractivity contribution >= 4 is 34.5 Å². The van der Waals surface area contributed by atoms with Crippen LogP contribution in [-0.2, 0) is 25.5 Å². The van der Waals surface area contributed by atoms with E-state index in [0.717, 1.165) is 66.9 Å². The van der Waals surface area contributed by atoms with Gasteiger partial charge in [-0.05, 0) is 54.4 Å². The second-order valence-electron chi connectivity index (χ2n) is 15.3. The Balaban J connectivity index is 0.000000274. The van der Waals surface area contributed by atoms with Crippen molar-refractivity contribution in [2.24, 2.45) is 0 Å². The molecule has 0 bridgehead atoms. The molecule has 8 heteroatoms. The van der Waals surface area contributed by atoms with Gasteiger partial charge in [0.15, 0.2) is 11.6 Å². The number of pyridine rings is 2. The number of furan rings is 1. The van der Waals surface area contributed by atoms with Crippen molar-refractivity contribution in [2.45, 2.75) is 40.0 Å². The van der Waals surface area contributed by atoms with Crippen LogP contribution in [0, 0.1) is 32.9 Å². The van der Waals surface area contributed by atoms with Crippen molar-refractivity contribution in [1.29, 1.82) is 0 Å². The normalized spacial score (nSPS) is 12.5. The molecule has 0 amide bonds. The predicted octanol–water partition coefficient (Wildman–Crippen LogP) is 9.44. The summed E-state index contributed by atoms with van der Waals surface area (Å²) >= 11 is 0. The fraction of sp³-hybridized carbons (Fsp3) is 0.118. The molecule has 0 N–H and O–H groups in total. The van der Waals surface area contributed by atoms with Crippen LogP contribution < -0.4 is 16.8 Å². The van der Waals surface area contributed by atoms with Crippen LogP contribution in [0.4, 0.5) is 0 Å². The van der Waals surface area contributed by atoms with E-state index in [4.69, 9.17) is 24.4 Å². The summed E-state index contributed by atoms with van der Waals surface area (Å²) in [6.45, 7) is 10.4. The van der Waals surface area contributed by atoms with Crippen LogP contribution in [0.2, 0.25) is 0 Å². The molecule has 0 spiro atoms. The Labute approximate surface area is 359 Å². The smallest absolute Gasteiger partial charge is 0.334 e. The van der Waals surface area contributed by atoms with Gasteiger partial charge >= 0.3 is 6.71 Å². The number of nitrogens with zero attached hydrogens (tertiary/aromatic N) is 5. The summed E-state index contributed by atoms with van der Waals surface area (Å²) in [5.74, 6) is 1.26. The number of hydrogen-bond donors (Lipinski definition) is 0. The number of aromatic nitrogens is 5. The minimum absolute atomic E-state index is 0. The molecule has 0 saturated heterocycles. The first-order valence-electron chi connectivity index (χ1n) is 19.5. The molecule has 59 heavy (non-hydrogen) atoms. The van der Waals surface area contributed by atoms with Gasteiger partial charge in [-0.25, -0.2) is 15.0 Å². The van der Waals surface area contributed by atoms with Crippen molar-refractivity contribution in [3.63, 3.8) is 0 Å². The van der Waals surface area contributed by atoms with E-state index in [0.29, 0.717) is 17.4 Å². The van der Waals surface area contributed by atoms with Crippen LogP contribution in [0.3, 0.4) is 0 Å². The van der Waals surface area contributed by atoms with E-state index in [1.807, 2.05) is 116 Å². The van der Waals surface area contributed by atoms with Gasteiger partial charge in [-0.2, -0.15) is 0 Å². The molecule has 0 atom stereocenters. The molecule has 1 aliphatic heterocycles. The van der Waals surface area contributed by atoms with Crippen molar-refractivity contribution in [3.05, 3.63) is 192 Å². The van der Waals surface area contributed by atoms with Gasteiger partial charge in [-0.1, -0.05) is 139 Å². The molecular formula is C51H40BIrN5O-2. The van der Waals surface area contributed by atoms with Crippen LogP contribution >= 0.6 is 0 Å². The summed E-state index contributed by atoms with van der Waals surface area (Å²) in [5, 5.41) is 1.03. The molecule has 9 aromatic rings. The third kappa shape index (κ3) is 7.58. The minimum atomic E-state index is -0.361. The first-order valence-corrected chi connectivity index (χ1v) is 19.5. The molecule has 4 aromatic heterocycles. The van der Waals surface area contributed by atoms with E-state index in [1.54, 1.807) is 0 Å². The second-order valence-corrected chi connectivity index (χ2v) is 15.3. The van der Waals surface area contributed by atoms with E-state index in [2.05, 4.69) is 87.3 Å². The molecule has 0 saturated carbocycles. The average molecular weight is 942 g/mol. The predicted molar refractivity (Wildman–Crippen MR) is 235 cm³/mol. The van der Waals surface area contributed by atoms with Gasteiger partial charge in [0.25, 0.3) is 0 Å². The van der Waals surface area contributed by atoms with Gasteiger partial charge in [0.2, 0.25) is 0 Å². The molecule has 289 valence electrons. The quantitative estimate of drug-likeness (QED) is 0.127. The maximum absolute atomic E-state index is 6.88. The van der Waals surface area contributed by atoms with E-state index >= 15 is 0 Å². The maximum atomic E-state index is 6.88. The van der Waals surface area contributed by atoms with Crippen LogP contribution in [0.1, 0.15) is 41.7 Å². The summed E-state index contributed by atoms with van der Waals surface area (Å²) < 4.78 is 6.88. The van der Waals surface area contributed by atoms with Crippen molar-refractivity contribution in [2.75, 3.05) is 0 Å². The monoisotopic (exact) mass is 942 g/mol. The number of benzene rings is 5. The van der Waals surface area contributed by atoms with E-state index in [-0.39, 0.29) is 32.2 Å². The zero-order valence-corrected chi connectivity index (χ0v) is 35.9. The van der Waals surface area contributed by atoms with Gasteiger partial charge < -0.3 is 14.4 Å². The summed E-state index contributed by atoms with van der Waals surface area (Å²) in [7, 11) is 0. The second kappa shape index (κ2) is 16.5.